The van der Waals surface area contributed by atoms with Gasteiger partial charge in [-0.05, 0) is 61.7 Å². The lowest BCUT2D eigenvalue weighted by Crippen LogP contribution is -2.35. The highest BCUT2D eigenvalue weighted by Crippen LogP contribution is 2.35. The van der Waals surface area contributed by atoms with Gasteiger partial charge >= 0.3 is 0 Å². The minimum atomic E-state index is -0.389. The van der Waals surface area contributed by atoms with Crippen LogP contribution in [0.1, 0.15) is 23.6 Å². The van der Waals surface area contributed by atoms with Crippen molar-refractivity contribution in [2.75, 3.05) is 31.7 Å². The molecule has 0 saturated carbocycles. The van der Waals surface area contributed by atoms with Gasteiger partial charge in [0.2, 0.25) is 0 Å². The van der Waals surface area contributed by atoms with Gasteiger partial charge < -0.3 is 14.7 Å². The van der Waals surface area contributed by atoms with Crippen molar-refractivity contribution < 1.29 is 19.4 Å². The molecule has 152 valence electrons. The lowest BCUT2D eigenvalue weighted by atomic mass is 10.0. The summed E-state index contributed by atoms with van der Waals surface area (Å²) >= 11 is 0. The number of benzene rings is 2. The van der Waals surface area contributed by atoms with Gasteiger partial charge in [0.1, 0.15) is 11.4 Å². The van der Waals surface area contributed by atoms with E-state index in [1.165, 1.54) is 4.90 Å². The van der Waals surface area contributed by atoms with Crippen LogP contribution < -0.4 is 9.64 Å². The lowest BCUT2D eigenvalue weighted by molar-refractivity contribution is -0.120. The fourth-order valence-electron chi connectivity index (χ4n) is 3.59. The highest BCUT2D eigenvalue weighted by molar-refractivity contribution is 6.45. The molecule has 0 saturated heterocycles. The second-order valence-corrected chi connectivity index (χ2v) is 7.12. The van der Waals surface area contributed by atoms with Gasteiger partial charge in [-0.2, -0.15) is 0 Å². The van der Waals surface area contributed by atoms with Gasteiger partial charge in [0, 0.05) is 13.6 Å². The molecule has 3 rings (SSSR count). The monoisotopic (exact) mass is 394 g/mol. The molecule has 0 fully saturated rings. The summed E-state index contributed by atoms with van der Waals surface area (Å²) in [7, 11) is 1.70. The van der Waals surface area contributed by atoms with Crippen molar-refractivity contribution in [2.45, 2.75) is 20.8 Å². The van der Waals surface area contributed by atoms with E-state index in [4.69, 9.17) is 4.74 Å². The second-order valence-electron chi connectivity index (χ2n) is 7.12. The molecular weight excluding hydrogens is 368 g/mol. The van der Waals surface area contributed by atoms with E-state index in [2.05, 4.69) is 0 Å². The Labute approximate surface area is 171 Å². The van der Waals surface area contributed by atoms with E-state index in [0.717, 1.165) is 11.1 Å². The van der Waals surface area contributed by atoms with Crippen LogP contribution in [0.25, 0.3) is 5.57 Å². The molecule has 0 spiro atoms. The number of aryl methyl sites for hydroxylation is 2. The number of hydrogen-bond donors (Lipinski definition) is 1. The van der Waals surface area contributed by atoms with Crippen molar-refractivity contribution in [3.8, 4) is 5.75 Å². The fraction of sp³-hybridized carbons (Fsp3) is 0.304. The summed E-state index contributed by atoms with van der Waals surface area (Å²) in [6, 6.07) is 12.8. The first kappa shape index (κ1) is 20.6. The predicted octanol–water partition coefficient (Wildman–Crippen LogP) is 2.91. The van der Waals surface area contributed by atoms with Crippen LogP contribution in [0.2, 0.25) is 0 Å². The van der Waals surface area contributed by atoms with Crippen LogP contribution in [0.3, 0.4) is 0 Å². The Morgan fingerprint density at radius 2 is 1.62 bits per heavy atom. The number of carbonyl (C=O) groups is 2. The third-order valence-electron chi connectivity index (χ3n) is 4.80. The Bertz CT molecular complexity index is 943. The predicted molar refractivity (Wildman–Crippen MR) is 113 cm³/mol. The van der Waals surface area contributed by atoms with Crippen molar-refractivity contribution in [1.82, 2.24) is 4.90 Å². The zero-order valence-corrected chi connectivity index (χ0v) is 17.2. The van der Waals surface area contributed by atoms with Crippen LogP contribution in [0.5, 0.6) is 5.75 Å². The number of aliphatic hydroxyl groups is 1. The number of ether oxygens (including phenoxy) is 1. The largest absolute Gasteiger partial charge is 0.494 e. The van der Waals surface area contributed by atoms with Crippen molar-refractivity contribution in [3.63, 3.8) is 0 Å². The highest BCUT2D eigenvalue weighted by Gasteiger charge is 2.41. The number of aliphatic hydroxyl groups excluding tert-OH is 1. The summed E-state index contributed by atoms with van der Waals surface area (Å²) in [5.74, 6) is -0.0613. The standard InChI is InChI=1S/C23H26N2O4/c1-5-29-19-8-6-17(7-9-19)20-21(24(4)10-11-26)23(28)25(22(20)27)18-13-15(2)12-16(3)14-18/h6-9,12-14,26H,5,10-11H2,1-4H3. The Hall–Kier alpha value is -3.12. The van der Waals surface area contributed by atoms with E-state index in [1.807, 2.05) is 39.0 Å². The maximum Gasteiger partial charge on any atom is 0.282 e. The Morgan fingerprint density at radius 3 is 2.17 bits per heavy atom. The summed E-state index contributed by atoms with van der Waals surface area (Å²) in [6.45, 7) is 6.43. The molecule has 0 radical (unpaired) electrons. The quantitative estimate of drug-likeness (QED) is 0.732. The summed E-state index contributed by atoms with van der Waals surface area (Å²) < 4.78 is 5.48. The number of nitrogens with zero attached hydrogens (tertiary/aromatic N) is 2. The smallest absolute Gasteiger partial charge is 0.282 e. The number of likely N-dealkylation sites (N-methyl/N-ethyl adjacent to an activating group) is 1. The summed E-state index contributed by atoms with van der Waals surface area (Å²) in [5.41, 5.74) is 3.74. The van der Waals surface area contributed by atoms with Crippen LogP contribution in [0.4, 0.5) is 5.69 Å². The minimum Gasteiger partial charge on any atom is -0.494 e. The number of imide groups is 1. The number of carbonyl (C=O) groups excluding carboxylic acids is 2. The number of rotatable bonds is 7. The zero-order chi connectivity index (χ0) is 21.1. The summed E-state index contributed by atoms with van der Waals surface area (Å²) in [6.07, 6.45) is 0. The third-order valence-corrected chi connectivity index (χ3v) is 4.80. The molecular formula is C23H26N2O4. The van der Waals surface area contributed by atoms with E-state index >= 15 is 0 Å². The van der Waals surface area contributed by atoms with Crippen LogP contribution >= 0.6 is 0 Å². The maximum atomic E-state index is 13.4. The van der Waals surface area contributed by atoms with Crippen LogP contribution in [-0.4, -0.2) is 48.6 Å². The Balaban J connectivity index is 2.10. The molecule has 2 amide bonds. The van der Waals surface area contributed by atoms with E-state index in [1.54, 1.807) is 36.2 Å². The third kappa shape index (κ3) is 4.03. The van der Waals surface area contributed by atoms with Gasteiger partial charge in [0.15, 0.2) is 0 Å². The normalized spacial score (nSPS) is 14.0. The van der Waals surface area contributed by atoms with Gasteiger partial charge in [-0.1, -0.05) is 18.2 Å². The molecule has 2 aromatic carbocycles. The highest BCUT2D eigenvalue weighted by atomic mass is 16.5. The average Bonchev–Trinajstić information content (AvgIpc) is 2.92. The Morgan fingerprint density at radius 1 is 1.00 bits per heavy atom. The molecule has 1 N–H and O–H groups in total. The summed E-state index contributed by atoms with van der Waals surface area (Å²) in [4.78, 5) is 29.6. The van der Waals surface area contributed by atoms with E-state index < -0.39 is 0 Å². The molecule has 0 aromatic heterocycles. The molecule has 1 aliphatic heterocycles. The van der Waals surface area contributed by atoms with E-state index in [0.29, 0.717) is 29.2 Å². The molecule has 1 heterocycles. The van der Waals surface area contributed by atoms with Gasteiger partial charge in [0.25, 0.3) is 11.8 Å². The van der Waals surface area contributed by atoms with Crippen molar-refractivity contribution in [1.29, 1.82) is 0 Å². The second kappa shape index (κ2) is 8.49. The Kier molecular flexibility index (Phi) is 6.03. The van der Waals surface area contributed by atoms with Crippen molar-refractivity contribution in [2.24, 2.45) is 0 Å². The van der Waals surface area contributed by atoms with Gasteiger partial charge in [-0.15, -0.1) is 0 Å². The van der Waals surface area contributed by atoms with E-state index in [9.17, 15) is 14.7 Å². The number of hydrogen-bond acceptors (Lipinski definition) is 5. The number of anilines is 1. The molecule has 1 aliphatic rings. The van der Waals surface area contributed by atoms with Gasteiger partial charge in [0.05, 0.1) is 24.5 Å². The van der Waals surface area contributed by atoms with Crippen molar-refractivity contribution >= 4 is 23.1 Å². The average molecular weight is 394 g/mol. The van der Waals surface area contributed by atoms with Crippen LogP contribution in [-0.2, 0) is 9.59 Å². The van der Waals surface area contributed by atoms with E-state index in [-0.39, 0.29) is 30.7 Å². The molecule has 6 heteroatoms. The maximum absolute atomic E-state index is 13.4. The first-order chi connectivity index (χ1) is 13.9. The topological polar surface area (TPSA) is 70.1 Å². The molecule has 0 bridgehead atoms. The first-order valence-corrected chi connectivity index (χ1v) is 9.64. The van der Waals surface area contributed by atoms with Crippen LogP contribution in [0.15, 0.2) is 48.2 Å². The van der Waals surface area contributed by atoms with Gasteiger partial charge in [-0.3, -0.25) is 9.59 Å². The SMILES string of the molecule is CCOc1ccc(C2=C(N(C)CCO)C(=O)N(c3cc(C)cc(C)c3)C2=O)cc1. The first-order valence-electron chi connectivity index (χ1n) is 9.64. The molecule has 2 aromatic rings. The lowest BCUT2D eigenvalue weighted by Gasteiger charge is -2.21. The molecule has 0 unspecified atom stereocenters. The summed E-state index contributed by atoms with van der Waals surface area (Å²) in [5, 5.41) is 9.37. The van der Waals surface area contributed by atoms with Crippen molar-refractivity contribution in [3.05, 3.63) is 64.9 Å². The number of amides is 2. The van der Waals surface area contributed by atoms with Gasteiger partial charge in [-0.25, -0.2) is 4.90 Å². The fourth-order valence-corrected chi connectivity index (χ4v) is 3.59. The molecule has 6 nitrogen and oxygen atoms in total. The molecule has 0 aliphatic carbocycles. The molecule has 29 heavy (non-hydrogen) atoms. The van der Waals surface area contributed by atoms with Crippen LogP contribution in [0, 0.1) is 13.8 Å². The molecule has 0 atom stereocenters. The minimum absolute atomic E-state index is 0.123. The zero-order valence-electron chi connectivity index (χ0n) is 17.2.